The van der Waals surface area contributed by atoms with E-state index in [-0.39, 0.29) is 103 Å². The van der Waals surface area contributed by atoms with Gasteiger partial charge in [-0.05, 0) is 13.3 Å². The Morgan fingerprint density at radius 1 is 0.567 bits per heavy atom. The predicted octanol–water partition coefficient (Wildman–Crippen LogP) is -6.65. The number of aliphatic hydroxyl groups excluding tert-OH is 6. The van der Waals surface area contributed by atoms with E-state index < -0.39 is 98.1 Å². The highest BCUT2D eigenvalue weighted by molar-refractivity contribution is 5.81. The maximum absolute atomic E-state index is 12.8. The van der Waals surface area contributed by atoms with Gasteiger partial charge in [0.1, 0.15) is 54.5 Å². The summed E-state index contributed by atoms with van der Waals surface area (Å²) in [6.45, 7) is 2.76. The van der Waals surface area contributed by atoms with Crippen molar-refractivity contribution in [1.82, 2.24) is 31.5 Å². The lowest BCUT2D eigenvalue weighted by Gasteiger charge is -2.42. The molecule has 2 heterocycles. The Balaban J connectivity index is 1.77. The zero-order valence-corrected chi connectivity index (χ0v) is 34.3. The fourth-order valence-electron chi connectivity index (χ4n) is 6.07. The number of nitrogens with zero attached hydrogens (tertiary/aromatic N) is 1. The van der Waals surface area contributed by atoms with Gasteiger partial charge in [-0.2, -0.15) is 0 Å². The maximum Gasteiger partial charge on any atom is 0.234 e. The van der Waals surface area contributed by atoms with Crippen LogP contribution < -0.4 is 26.6 Å². The number of aliphatic hydroxyl groups is 6. The number of hydrogen-bond donors (Lipinski definition) is 11. The van der Waals surface area contributed by atoms with Crippen molar-refractivity contribution in [2.75, 3.05) is 92.1 Å². The Labute approximate surface area is 347 Å². The van der Waals surface area contributed by atoms with Crippen molar-refractivity contribution >= 4 is 35.3 Å². The van der Waals surface area contributed by atoms with Gasteiger partial charge >= 0.3 is 0 Å². The smallest absolute Gasteiger partial charge is 0.234 e. The lowest BCUT2D eigenvalue weighted by Crippen LogP contribution is -2.64. The van der Waals surface area contributed by atoms with Crippen LogP contribution in [0.15, 0.2) is 0 Å². The summed E-state index contributed by atoms with van der Waals surface area (Å²) in [5.41, 5.74) is 0. The zero-order valence-electron chi connectivity index (χ0n) is 34.3. The molecule has 10 unspecified atom stereocenters. The van der Waals surface area contributed by atoms with Crippen LogP contribution in [-0.2, 0) is 57.2 Å². The fourth-order valence-corrected chi connectivity index (χ4v) is 6.07. The second-order valence-corrected chi connectivity index (χ2v) is 14.1. The molecule has 24 nitrogen and oxygen atoms in total. The molecule has 0 spiro atoms. The minimum atomic E-state index is -1.46. The third-order valence-corrected chi connectivity index (χ3v) is 9.08. The molecule has 0 aromatic rings. The standard InChI is InChI=1S/C36H64N6O18/c1-21(45)5-4-6-26(48)37-7-10-42(17-27(49)38-8-11-55-13-15-57-35-29(40-22(2)46)33(53)31(51)24(19-43)59-35)18-28(50)39-9-12-56-14-16-58-36-30(41-23(3)47)34(54)32(52)25(20-44)60-36/h24-25,29-36,43-44,51-54H,4-20H2,1-3H3,(H,37,48)(H,38,49)(H,39,50)(H,40,46)(H,41,47). The third kappa shape index (κ3) is 19.9. The molecule has 24 heteroatoms. The van der Waals surface area contributed by atoms with Crippen molar-refractivity contribution in [2.45, 2.75) is 101 Å². The highest BCUT2D eigenvalue weighted by Gasteiger charge is 2.46. The largest absolute Gasteiger partial charge is 0.394 e. The molecule has 10 atom stereocenters. The van der Waals surface area contributed by atoms with Crippen LogP contribution in [0.4, 0.5) is 0 Å². The first kappa shape index (κ1) is 52.6. The number of nitrogens with one attached hydrogen (secondary N) is 5. The van der Waals surface area contributed by atoms with Crippen molar-refractivity contribution < 1.29 is 87.8 Å². The minimum Gasteiger partial charge on any atom is -0.394 e. The second kappa shape index (κ2) is 28.9. The van der Waals surface area contributed by atoms with Gasteiger partial charge in [-0.25, -0.2) is 0 Å². The van der Waals surface area contributed by atoms with E-state index >= 15 is 0 Å². The summed E-state index contributed by atoms with van der Waals surface area (Å²) in [6.07, 6.45) is -9.65. The number of amides is 5. The molecule has 2 saturated heterocycles. The number of carbonyl (C=O) groups excluding carboxylic acids is 6. The molecule has 346 valence electrons. The van der Waals surface area contributed by atoms with Gasteiger partial charge in [0.2, 0.25) is 29.5 Å². The van der Waals surface area contributed by atoms with Crippen LogP contribution >= 0.6 is 0 Å². The van der Waals surface area contributed by atoms with E-state index in [2.05, 4.69) is 26.6 Å². The zero-order chi connectivity index (χ0) is 44.6. The molecule has 0 aliphatic carbocycles. The molecule has 2 rings (SSSR count). The summed E-state index contributed by atoms with van der Waals surface area (Å²) in [6, 6.07) is -2.20. The summed E-state index contributed by atoms with van der Waals surface area (Å²) in [7, 11) is 0. The highest BCUT2D eigenvalue weighted by Crippen LogP contribution is 2.23. The normalized spacial score (nSPS) is 26.6. The number of carbonyl (C=O) groups is 6. The van der Waals surface area contributed by atoms with Crippen molar-refractivity contribution in [1.29, 1.82) is 0 Å². The van der Waals surface area contributed by atoms with Gasteiger partial charge in [0.25, 0.3) is 0 Å². The van der Waals surface area contributed by atoms with E-state index in [1.807, 2.05) is 0 Å². The van der Waals surface area contributed by atoms with Crippen LogP contribution in [0.1, 0.15) is 40.0 Å². The van der Waals surface area contributed by atoms with Crippen LogP contribution in [0.3, 0.4) is 0 Å². The summed E-state index contributed by atoms with van der Waals surface area (Å²) in [5.74, 6) is -2.18. The molecule has 0 aromatic heterocycles. The highest BCUT2D eigenvalue weighted by atomic mass is 16.7. The van der Waals surface area contributed by atoms with E-state index in [0.29, 0.717) is 6.42 Å². The molecule has 0 bridgehead atoms. The van der Waals surface area contributed by atoms with E-state index in [4.69, 9.17) is 28.4 Å². The Hall–Kier alpha value is -3.50. The van der Waals surface area contributed by atoms with Crippen LogP contribution in [-0.4, -0.2) is 224 Å². The molecule has 0 radical (unpaired) electrons. The molecule has 60 heavy (non-hydrogen) atoms. The van der Waals surface area contributed by atoms with Crippen molar-refractivity contribution in [3.05, 3.63) is 0 Å². The molecule has 2 aliphatic rings. The Bertz CT molecular complexity index is 1260. The Morgan fingerprint density at radius 2 is 1.00 bits per heavy atom. The molecule has 0 saturated carbocycles. The third-order valence-electron chi connectivity index (χ3n) is 9.08. The number of Topliss-reactive ketones (excluding diaryl/α,β-unsaturated/α-hetero) is 1. The van der Waals surface area contributed by atoms with Gasteiger partial charge in [0, 0.05) is 52.9 Å². The molecule has 5 amide bonds. The SMILES string of the molecule is CC(=O)CCCC(=O)NCCN(CC(=O)NCCOCCOC1OC(CO)C(O)C(O)C1NC(C)=O)CC(=O)NCCOCCOC1OC(CO)C(O)C(O)C1NC(C)=O. The average Bonchev–Trinajstić information content (AvgIpc) is 3.18. The summed E-state index contributed by atoms with van der Waals surface area (Å²) in [4.78, 5) is 73.6. The molecule has 0 aromatic carbocycles. The topological polar surface area (TPSA) is 343 Å². The molecular weight excluding hydrogens is 804 g/mol. The van der Waals surface area contributed by atoms with Crippen LogP contribution in [0.5, 0.6) is 0 Å². The van der Waals surface area contributed by atoms with E-state index in [9.17, 15) is 59.4 Å². The maximum atomic E-state index is 12.8. The van der Waals surface area contributed by atoms with Crippen LogP contribution in [0.25, 0.3) is 0 Å². The minimum absolute atomic E-state index is 0.0221. The first-order chi connectivity index (χ1) is 28.6. The van der Waals surface area contributed by atoms with Gasteiger partial charge in [-0.1, -0.05) is 0 Å². The fraction of sp³-hybridized carbons (Fsp3) is 0.833. The molecule has 2 aliphatic heterocycles. The number of ketones is 1. The van der Waals surface area contributed by atoms with E-state index in [1.165, 1.54) is 25.7 Å². The first-order valence-corrected chi connectivity index (χ1v) is 19.8. The van der Waals surface area contributed by atoms with Gasteiger partial charge in [0.05, 0.1) is 65.9 Å². The summed E-state index contributed by atoms with van der Waals surface area (Å²) < 4.78 is 33.1. The van der Waals surface area contributed by atoms with Crippen molar-refractivity contribution in [3.63, 3.8) is 0 Å². The second-order valence-electron chi connectivity index (χ2n) is 14.1. The van der Waals surface area contributed by atoms with Gasteiger partial charge in [0.15, 0.2) is 12.6 Å². The number of ether oxygens (including phenoxy) is 6. The lowest BCUT2D eigenvalue weighted by molar-refractivity contribution is -0.272. The average molecular weight is 869 g/mol. The summed E-state index contributed by atoms with van der Waals surface area (Å²) in [5, 5.41) is 72.8. The van der Waals surface area contributed by atoms with Crippen molar-refractivity contribution in [2.24, 2.45) is 0 Å². The van der Waals surface area contributed by atoms with Gasteiger partial charge in [-0.15, -0.1) is 0 Å². The lowest BCUT2D eigenvalue weighted by atomic mass is 9.97. The van der Waals surface area contributed by atoms with Gasteiger partial charge < -0.3 is 90.4 Å². The van der Waals surface area contributed by atoms with Crippen LogP contribution in [0, 0.1) is 0 Å². The van der Waals surface area contributed by atoms with E-state index in [0.717, 1.165) is 0 Å². The number of hydrogen-bond acceptors (Lipinski definition) is 19. The Morgan fingerprint density at radius 3 is 1.40 bits per heavy atom. The molecule has 2 fully saturated rings. The van der Waals surface area contributed by atoms with E-state index in [1.54, 1.807) is 0 Å². The van der Waals surface area contributed by atoms with Gasteiger partial charge in [-0.3, -0.25) is 28.9 Å². The molecule has 11 N–H and O–H groups in total. The van der Waals surface area contributed by atoms with Crippen molar-refractivity contribution in [3.8, 4) is 0 Å². The quantitative estimate of drug-likeness (QED) is 0.0311. The van der Waals surface area contributed by atoms with Crippen LogP contribution in [0.2, 0.25) is 0 Å². The first-order valence-electron chi connectivity index (χ1n) is 19.8. The molecular formula is C36H64N6O18. The summed E-state index contributed by atoms with van der Waals surface area (Å²) >= 11 is 0. The monoisotopic (exact) mass is 868 g/mol. The Kier molecular flexibility index (Phi) is 25.4. The predicted molar refractivity (Wildman–Crippen MR) is 204 cm³/mol. The number of rotatable bonds is 29.